The van der Waals surface area contributed by atoms with E-state index in [4.69, 9.17) is 14.0 Å². The van der Waals surface area contributed by atoms with Gasteiger partial charge in [0.15, 0.2) is 0 Å². The van der Waals surface area contributed by atoms with Crippen molar-refractivity contribution in [3.63, 3.8) is 0 Å². The summed E-state index contributed by atoms with van der Waals surface area (Å²) < 4.78 is 15.9. The van der Waals surface area contributed by atoms with E-state index in [1.165, 1.54) is 0 Å². The van der Waals surface area contributed by atoms with Crippen molar-refractivity contribution >= 4 is 5.91 Å². The van der Waals surface area contributed by atoms with E-state index in [0.717, 1.165) is 24.1 Å². The summed E-state index contributed by atoms with van der Waals surface area (Å²) in [6.45, 7) is 6.08. The molecule has 0 spiro atoms. The van der Waals surface area contributed by atoms with Crippen molar-refractivity contribution in [1.29, 1.82) is 0 Å². The first kappa shape index (κ1) is 18.8. The Kier molecular flexibility index (Phi) is 6.44. The van der Waals surface area contributed by atoms with Crippen molar-refractivity contribution in [1.82, 2.24) is 10.5 Å². The Morgan fingerprint density at radius 1 is 1.20 bits per heavy atom. The van der Waals surface area contributed by atoms with E-state index >= 15 is 0 Å². The highest BCUT2D eigenvalue weighted by Gasteiger charge is 2.21. The van der Waals surface area contributed by atoms with Crippen molar-refractivity contribution in [3.05, 3.63) is 41.3 Å². The molecule has 0 aliphatic rings. The maximum Gasteiger partial charge on any atom is 0.290 e. The van der Waals surface area contributed by atoms with E-state index < -0.39 is 0 Å². The fourth-order valence-corrected chi connectivity index (χ4v) is 2.82. The van der Waals surface area contributed by atoms with E-state index in [1.807, 2.05) is 25.1 Å². The smallest absolute Gasteiger partial charge is 0.290 e. The van der Waals surface area contributed by atoms with Crippen LogP contribution in [-0.4, -0.2) is 25.3 Å². The van der Waals surface area contributed by atoms with Crippen molar-refractivity contribution < 1.29 is 18.8 Å². The average molecular weight is 346 g/mol. The molecule has 1 N–H and O–H groups in total. The maximum absolute atomic E-state index is 12.5. The molecule has 1 atom stereocenters. The first-order chi connectivity index (χ1) is 12.0. The van der Waals surface area contributed by atoms with Crippen LogP contribution in [0.5, 0.6) is 11.5 Å². The minimum absolute atomic E-state index is 0.218. The van der Waals surface area contributed by atoms with Gasteiger partial charge in [0, 0.05) is 17.5 Å². The Bertz CT molecular complexity index is 707. The maximum atomic E-state index is 12.5. The summed E-state index contributed by atoms with van der Waals surface area (Å²) in [5, 5.41) is 6.96. The lowest BCUT2D eigenvalue weighted by Crippen LogP contribution is -2.26. The Morgan fingerprint density at radius 3 is 2.52 bits per heavy atom. The molecule has 2 rings (SSSR count). The number of methoxy groups -OCH3 is 2. The van der Waals surface area contributed by atoms with Crippen LogP contribution in [0.1, 0.15) is 67.4 Å². The monoisotopic (exact) mass is 346 g/mol. The molecular weight excluding hydrogens is 320 g/mol. The molecule has 1 aromatic carbocycles. The Balaban J connectivity index is 2.15. The lowest BCUT2D eigenvalue weighted by molar-refractivity contribution is 0.0902. The van der Waals surface area contributed by atoms with Crippen LogP contribution in [0, 0.1) is 0 Å². The molecule has 0 radical (unpaired) electrons. The second-order valence-electron chi connectivity index (χ2n) is 5.93. The summed E-state index contributed by atoms with van der Waals surface area (Å²) >= 11 is 0. The zero-order chi connectivity index (χ0) is 18.4. The lowest BCUT2D eigenvalue weighted by atomic mass is 9.99. The molecule has 0 unspecified atom stereocenters. The third-order valence-electron chi connectivity index (χ3n) is 4.41. The average Bonchev–Trinajstić information content (AvgIpc) is 3.12. The van der Waals surface area contributed by atoms with Crippen LogP contribution in [0.3, 0.4) is 0 Å². The predicted molar refractivity (Wildman–Crippen MR) is 95.3 cm³/mol. The van der Waals surface area contributed by atoms with Gasteiger partial charge in [-0.3, -0.25) is 4.79 Å². The zero-order valence-electron chi connectivity index (χ0n) is 15.5. The van der Waals surface area contributed by atoms with Gasteiger partial charge in [-0.15, -0.1) is 0 Å². The quantitative estimate of drug-likeness (QED) is 0.779. The van der Waals surface area contributed by atoms with Crippen molar-refractivity contribution in [2.24, 2.45) is 0 Å². The number of nitrogens with one attached hydrogen (secondary N) is 1. The van der Waals surface area contributed by atoms with Crippen molar-refractivity contribution in [3.8, 4) is 11.5 Å². The van der Waals surface area contributed by atoms with Crippen molar-refractivity contribution in [2.75, 3.05) is 14.2 Å². The molecule has 2 aromatic rings. The number of amides is 1. The van der Waals surface area contributed by atoms with Gasteiger partial charge in [-0.1, -0.05) is 19.0 Å². The van der Waals surface area contributed by atoms with Gasteiger partial charge in [0.2, 0.25) is 5.76 Å². The first-order valence-corrected chi connectivity index (χ1v) is 8.53. The molecular formula is C19H26N2O4. The molecule has 0 fully saturated rings. The third-order valence-corrected chi connectivity index (χ3v) is 4.41. The van der Waals surface area contributed by atoms with Crippen LogP contribution in [0.25, 0.3) is 0 Å². The van der Waals surface area contributed by atoms with Crippen LogP contribution in [-0.2, 0) is 0 Å². The van der Waals surface area contributed by atoms with E-state index in [9.17, 15) is 4.79 Å². The van der Waals surface area contributed by atoms with E-state index in [2.05, 4.69) is 24.3 Å². The Hall–Kier alpha value is -2.50. The standard InChI is InChI=1S/C19H26N2O4/c1-6-13(7-2)16-11-18(25-21-16)19(22)20-12(3)15-10-14(23-4)8-9-17(15)24-5/h8-13H,6-7H2,1-5H3,(H,20,22)/t12-/m0/s1. The second-order valence-corrected chi connectivity index (χ2v) is 5.93. The molecule has 1 aromatic heterocycles. The van der Waals surface area contributed by atoms with Gasteiger partial charge < -0.3 is 19.3 Å². The molecule has 6 nitrogen and oxygen atoms in total. The molecule has 6 heteroatoms. The number of hydrogen-bond acceptors (Lipinski definition) is 5. The minimum Gasteiger partial charge on any atom is -0.497 e. The number of carbonyl (C=O) groups excluding carboxylic acids is 1. The number of hydrogen-bond donors (Lipinski definition) is 1. The van der Waals surface area contributed by atoms with Gasteiger partial charge in [-0.25, -0.2) is 0 Å². The van der Waals surface area contributed by atoms with Gasteiger partial charge in [0.05, 0.1) is 26.0 Å². The van der Waals surface area contributed by atoms with Crippen LogP contribution in [0.4, 0.5) is 0 Å². The third kappa shape index (κ3) is 4.32. The fourth-order valence-electron chi connectivity index (χ4n) is 2.82. The predicted octanol–water partition coefficient (Wildman–Crippen LogP) is 4.09. The summed E-state index contributed by atoms with van der Waals surface area (Å²) in [6, 6.07) is 6.92. The fraction of sp³-hybridized carbons (Fsp3) is 0.474. The zero-order valence-corrected chi connectivity index (χ0v) is 15.5. The van der Waals surface area contributed by atoms with E-state index in [0.29, 0.717) is 17.4 Å². The summed E-state index contributed by atoms with van der Waals surface area (Å²) in [6.07, 6.45) is 1.92. The highest BCUT2D eigenvalue weighted by Crippen LogP contribution is 2.29. The SMILES string of the molecule is CCC(CC)c1cc(C(=O)N[C@@H](C)c2cc(OC)ccc2OC)on1. The summed E-state index contributed by atoms with van der Waals surface area (Å²) in [4.78, 5) is 12.5. The van der Waals surface area contributed by atoms with Crippen LogP contribution < -0.4 is 14.8 Å². The molecule has 0 aliphatic heterocycles. The van der Waals surface area contributed by atoms with E-state index in [1.54, 1.807) is 20.3 Å². The normalized spacial score (nSPS) is 12.1. The Labute approximate surface area is 148 Å². The number of aromatic nitrogens is 1. The largest absolute Gasteiger partial charge is 0.497 e. The highest BCUT2D eigenvalue weighted by atomic mass is 16.5. The molecule has 1 heterocycles. The lowest BCUT2D eigenvalue weighted by Gasteiger charge is -2.17. The van der Waals surface area contributed by atoms with E-state index in [-0.39, 0.29) is 17.7 Å². The molecule has 136 valence electrons. The van der Waals surface area contributed by atoms with Gasteiger partial charge >= 0.3 is 0 Å². The summed E-state index contributed by atoms with van der Waals surface area (Å²) in [7, 11) is 3.20. The van der Waals surface area contributed by atoms with Crippen LogP contribution in [0.2, 0.25) is 0 Å². The van der Waals surface area contributed by atoms with Gasteiger partial charge in [0.1, 0.15) is 11.5 Å². The molecule has 0 saturated carbocycles. The van der Waals surface area contributed by atoms with Gasteiger partial charge in [-0.2, -0.15) is 0 Å². The molecule has 25 heavy (non-hydrogen) atoms. The van der Waals surface area contributed by atoms with Crippen LogP contribution >= 0.6 is 0 Å². The number of rotatable bonds is 8. The second kappa shape index (κ2) is 8.55. The molecule has 0 saturated heterocycles. The van der Waals surface area contributed by atoms with Crippen LogP contribution in [0.15, 0.2) is 28.8 Å². The summed E-state index contributed by atoms with van der Waals surface area (Å²) in [5.41, 5.74) is 1.65. The summed E-state index contributed by atoms with van der Waals surface area (Å²) in [5.74, 6) is 1.61. The van der Waals surface area contributed by atoms with Gasteiger partial charge in [-0.05, 0) is 38.0 Å². The number of benzene rings is 1. The topological polar surface area (TPSA) is 73.6 Å². The Morgan fingerprint density at radius 2 is 1.92 bits per heavy atom. The minimum atomic E-state index is -0.304. The molecule has 1 amide bonds. The number of ether oxygens (including phenoxy) is 2. The molecule has 0 aliphatic carbocycles. The first-order valence-electron chi connectivity index (χ1n) is 8.53. The highest BCUT2D eigenvalue weighted by molar-refractivity contribution is 5.91. The number of nitrogens with zero attached hydrogens (tertiary/aromatic N) is 1. The molecule has 0 bridgehead atoms. The van der Waals surface area contributed by atoms with Gasteiger partial charge in [0.25, 0.3) is 5.91 Å². The van der Waals surface area contributed by atoms with Crippen molar-refractivity contribution in [2.45, 2.75) is 45.6 Å². The number of carbonyl (C=O) groups is 1.